The Balaban J connectivity index is 0.00000336. The number of rotatable bonds is 9. The highest BCUT2D eigenvalue weighted by atomic mass is 35.5. The van der Waals surface area contributed by atoms with E-state index in [0.717, 1.165) is 18.9 Å². The second-order valence-corrected chi connectivity index (χ2v) is 12.3. The smallest absolute Gasteiger partial charge is 0.134 e. The van der Waals surface area contributed by atoms with Crippen molar-refractivity contribution in [2.75, 3.05) is 14.1 Å². The number of halogens is 1. The van der Waals surface area contributed by atoms with Crippen molar-refractivity contribution in [1.82, 2.24) is 9.47 Å². The molecule has 3 aromatic rings. The molecule has 1 heterocycles. The predicted octanol–water partition coefficient (Wildman–Crippen LogP) is 8.55. The molecule has 2 saturated carbocycles. The lowest BCUT2D eigenvalue weighted by atomic mass is 9.80. The Kier molecular flexibility index (Phi) is 10.1. The molecule has 2 aliphatic carbocycles. The summed E-state index contributed by atoms with van der Waals surface area (Å²) in [4.78, 5) is 16.0. The van der Waals surface area contributed by atoms with Gasteiger partial charge in [-0.05, 0) is 88.6 Å². The summed E-state index contributed by atoms with van der Waals surface area (Å²) in [7, 11) is 4.38. The normalized spacial score (nSPS) is 21.4. The minimum absolute atomic E-state index is 0. The molecule has 0 N–H and O–H groups in total. The number of fused-ring (bicyclic) bond motifs is 1. The van der Waals surface area contributed by atoms with Crippen LogP contribution in [0.1, 0.15) is 93.2 Å². The number of hydrogen-bond donors (Lipinski definition) is 0. The topological polar surface area (TPSA) is 25.2 Å². The average molecular weight is 535 g/mol. The first-order valence-corrected chi connectivity index (χ1v) is 14.8. The van der Waals surface area contributed by atoms with Gasteiger partial charge < -0.3 is 9.47 Å². The molecule has 2 aromatic carbocycles. The van der Waals surface area contributed by atoms with E-state index in [4.69, 9.17) is 0 Å². The van der Waals surface area contributed by atoms with E-state index in [1.54, 1.807) is 0 Å². The molecular formula is C34H47ClN2O. The van der Waals surface area contributed by atoms with E-state index in [9.17, 15) is 4.79 Å². The largest absolute Gasteiger partial charge is 0.347 e. The second-order valence-electron chi connectivity index (χ2n) is 12.3. The summed E-state index contributed by atoms with van der Waals surface area (Å²) in [5.74, 6) is 1.87. The van der Waals surface area contributed by atoms with Crippen molar-refractivity contribution in [3.8, 4) is 0 Å². The van der Waals surface area contributed by atoms with Crippen molar-refractivity contribution >= 4 is 29.1 Å². The first-order chi connectivity index (χ1) is 18.0. The Bertz CT molecular complexity index is 1180. The zero-order chi connectivity index (χ0) is 25.8. The fourth-order valence-corrected chi connectivity index (χ4v) is 7.14. The van der Waals surface area contributed by atoms with Crippen LogP contribution < -0.4 is 0 Å². The molecule has 0 bridgehead atoms. The van der Waals surface area contributed by atoms with Gasteiger partial charge in [-0.2, -0.15) is 0 Å². The zero-order valence-electron chi connectivity index (χ0n) is 23.7. The number of ketones is 1. The van der Waals surface area contributed by atoms with Crippen LogP contribution in [0.2, 0.25) is 0 Å². The van der Waals surface area contributed by atoms with Crippen molar-refractivity contribution in [2.45, 2.75) is 96.1 Å². The highest BCUT2D eigenvalue weighted by Gasteiger charge is 2.28. The number of carbonyl (C=O) groups is 1. The fraction of sp³-hybridized carbons (Fsp3) is 0.559. The van der Waals surface area contributed by atoms with Crippen LogP contribution >= 0.6 is 12.4 Å². The molecule has 206 valence electrons. The third-order valence-electron chi connectivity index (χ3n) is 9.31. The van der Waals surface area contributed by atoms with E-state index < -0.39 is 0 Å². The van der Waals surface area contributed by atoms with Crippen molar-refractivity contribution in [3.05, 3.63) is 71.4 Å². The van der Waals surface area contributed by atoms with E-state index >= 15 is 0 Å². The Hall–Kier alpha value is -2.10. The van der Waals surface area contributed by atoms with Gasteiger partial charge in [-0.3, -0.25) is 4.79 Å². The molecule has 5 rings (SSSR count). The first kappa shape index (κ1) is 28.9. The molecule has 4 heteroatoms. The summed E-state index contributed by atoms with van der Waals surface area (Å²) in [5, 5.41) is 1.32. The molecule has 1 unspecified atom stereocenters. The molecule has 1 aromatic heterocycles. The third-order valence-corrected chi connectivity index (χ3v) is 9.31. The SMILES string of the molecule is Cc1cccc(C(CC(=O)CC2CCC(N(C)C)CC2)c2cn(CC3CCCCC3)c3ccccc23)c1.Cl. The van der Waals surface area contributed by atoms with Gasteiger partial charge in [0.1, 0.15) is 5.78 Å². The first-order valence-electron chi connectivity index (χ1n) is 14.8. The number of nitrogens with zero attached hydrogens (tertiary/aromatic N) is 2. The van der Waals surface area contributed by atoms with Gasteiger partial charge in [-0.1, -0.05) is 67.3 Å². The number of para-hydroxylation sites is 1. The van der Waals surface area contributed by atoms with Crippen LogP contribution in [0.3, 0.4) is 0 Å². The number of hydrogen-bond acceptors (Lipinski definition) is 2. The molecule has 38 heavy (non-hydrogen) atoms. The number of benzene rings is 2. The molecule has 0 radical (unpaired) electrons. The number of aryl methyl sites for hydroxylation is 1. The van der Waals surface area contributed by atoms with Crippen LogP contribution in [0.15, 0.2) is 54.7 Å². The summed E-state index contributed by atoms with van der Waals surface area (Å²) in [5.41, 5.74) is 5.21. The number of carbonyl (C=O) groups excluding carboxylic acids is 1. The molecule has 2 aliphatic rings. The Labute approximate surface area is 236 Å². The van der Waals surface area contributed by atoms with Crippen molar-refractivity contribution < 1.29 is 4.79 Å². The molecule has 0 spiro atoms. The van der Waals surface area contributed by atoms with Gasteiger partial charge in [-0.25, -0.2) is 0 Å². The number of Topliss-reactive ketones (excluding diaryl/α,β-unsaturated/α-hetero) is 1. The van der Waals surface area contributed by atoms with Gasteiger partial charge in [-0.15, -0.1) is 12.4 Å². The monoisotopic (exact) mass is 534 g/mol. The minimum Gasteiger partial charge on any atom is -0.347 e. The van der Waals surface area contributed by atoms with Gasteiger partial charge >= 0.3 is 0 Å². The molecule has 0 aliphatic heterocycles. The van der Waals surface area contributed by atoms with Crippen LogP contribution in [-0.2, 0) is 11.3 Å². The fourth-order valence-electron chi connectivity index (χ4n) is 7.14. The van der Waals surface area contributed by atoms with Gasteiger partial charge in [0.15, 0.2) is 0 Å². The van der Waals surface area contributed by atoms with Gasteiger partial charge in [0, 0.05) is 48.4 Å². The van der Waals surface area contributed by atoms with E-state index in [-0.39, 0.29) is 18.3 Å². The van der Waals surface area contributed by atoms with Gasteiger partial charge in [0.05, 0.1) is 0 Å². The van der Waals surface area contributed by atoms with Crippen LogP contribution in [0.25, 0.3) is 10.9 Å². The highest BCUT2D eigenvalue weighted by molar-refractivity contribution is 5.87. The Morgan fingerprint density at radius 3 is 2.37 bits per heavy atom. The molecule has 2 fully saturated rings. The van der Waals surface area contributed by atoms with Gasteiger partial charge in [0.25, 0.3) is 0 Å². The van der Waals surface area contributed by atoms with Gasteiger partial charge in [0.2, 0.25) is 0 Å². The maximum absolute atomic E-state index is 13.6. The van der Waals surface area contributed by atoms with Crippen molar-refractivity contribution in [2.24, 2.45) is 11.8 Å². The second kappa shape index (κ2) is 13.3. The summed E-state index contributed by atoms with van der Waals surface area (Å²) >= 11 is 0. The molecule has 0 amide bonds. The Morgan fingerprint density at radius 1 is 0.921 bits per heavy atom. The summed E-state index contributed by atoms with van der Waals surface area (Å²) in [6.45, 7) is 3.27. The van der Waals surface area contributed by atoms with Crippen LogP contribution in [0.5, 0.6) is 0 Å². The zero-order valence-corrected chi connectivity index (χ0v) is 24.5. The Morgan fingerprint density at radius 2 is 1.66 bits per heavy atom. The minimum atomic E-state index is 0. The quantitative estimate of drug-likeness (QED) is 0.275. The van der Waals surface area contributed by atoms with Crippen LogP contribution in [0.4, 0.5) is 0 Å². The lowest BCUT2D eigenvalue weighted by Crippen LogP contribution is -2.32. The molecule has 0 saturated heterocycles. The van der Waals surface area contributed by atoms with Crippen LogP contribution in [0, 0.1) is 18.8 Å². The predicted molar refractivity (Wildman–Crippen MR) is 162 cm³/mol. The lowest BCUT2D eigenvalue weighted by molar-refractivity contribution is -0.120. The van der Waals surface area contributed by atoms with Crippen LogP contribution in [-0.4, -0.2) is 35.4 Å². The summed E-state index contributed by atoms with van der Waals surface area (Å²) < 4.78 is 2.51. The number of aromatic nitrogens is 1. The molecule has 1 atom stereocenters. The van der Waals surface area contributed by atoms with E-state index in [1.807, 2.05) is 0 Å². The third kappa shape index (κ3) is 6.90. The average Bonchev–Trinajstić information content (AvgIpc) is 3.26. The van der Waals surface area contributed by atoms with Crippen molar-refractivity contribution in [1.29, 1.82) is 0 Å². The van der Waals surface area contributed by atoms with E-state index in [1.165, 1.54) is 85.4 Å². The van der Waals surface area contributed by atoms with E-state index in [0.29, 0.717) is 24.2 Å². The van der Waals surface area contributed by atoms with Crippen molar-refractivity contribution in [3.63, 3.8) is 0 Å². The van der Waals surface area contributed by atoms with E-state index in [2.05, 4.69) is 85.2 Å². The summed E-state index contributed by atoms with van der Waals surface area (Å²) in [6.07, 6.45) is 15.4. The lowest BCUT2D eigenvalue weighted by Gasteiger charge is -2.32. The maximum Gasteiger partial charge on any atom is 0.134 e. The maximum atomic E-state index is 13.6. The summed E-state index contributed by atoms with van der Waals surface area (Å²) in [6, 6.07) is 18.4. The molecule has 3 nitrogen and oxygen atoms in total. The highest BCUT2D eigenvalue weighted by Crippen LogP contribution is 2.38. The standard InChI is InChI=1S/C34H46N2O.ClH/c1-25-10-9-13-28(20-25)32(22-30(37)21-26-16-18-29(19-17-26)35(2)3)33-24-36(23-27-11-5-4-6-12-27)34-15-8-7-14-31(33)34;/h7-10,13-15,20,24,26-27,29,32H,4-6,11-12,16-19,21-23H2,1-3H3;1H. The molecular weight excluding hydrogens is 488 g/mol.